The minimum Gasteiger partial charge on any atom is -0.350 e. The largest absolute Gasteiger partial charge is 0.350 e. The van der Waals surface area contributed by atoms with E-state index in [-0.39, 0.29) is 5.91 Å². The summed E-state index contributed by atoms with van der Waals surface area (Å²) in [5, 5.41) is 3.25. The van der Waals surface area contributed by atoms with Gasteiger partial charge in [0, 0.05) is 6.54 Å². The first-order chi connectivity index (χ1) is 7.09. The fourth-order valence-corrected chi connectivity index (χ4v) is 1.65. The number of nitrogens with one attached hydrogen (secondary N) is 1. The number of aryl methyl sites for hydroxylation is 1. The van der Waals surface area contributed by atoms with Crippen LogP contribution in [0.5, 0.6) is 0 Å². The second kappa shape index (κ2) is 5.77. The van der Waals surface area contributed by atoms with Gasteiger partial charge in [-0.1, -0.05) is 0 Å². The van der Waals surface area contributed by atoms with Crippen LogP contribution in [0.2, 0.25) is 0 Å². The Hall–Kier alpha value is -1.01. The number of carbonyl (C=O) groups excluding carboxylic acids is 1. The minimum absolute atomic E-state index is 0.126. The van der Waals surface area contributed by atoms with Crippen molar-refractivity contribution in [2.75, 3.05) is 27.2 Å². The van der Waals surface area contributed by atoms with Gasteiger partial charge in [0.2, 0.25) is 5.01 Å². The number of aromatic nitrogens is 2. The van der Waals surface area contributed by atoms with E-state index < -0.39 is 0 Å². The molecule has 0 radical (unpaired) electrons. The van der Waals surface area contributed by atoms with E-state index in [2.05, 4.69) is 19.6 Å². The van der Waals surface area contributed by atoms with Gasteiger partial charge in [0.15, 0.2) is 0 Å². The highest BCUT2D eigenvalue weighted by Crippen LogP contribution is 2.02. The van der Waals surface area contributed by atoms with E-state index in [1.807, 2.05) is 14.1 Å². The van der Waals surface area contributed by atoms with Gasteiger partial charge in [0.1, 0.15) is 5.82 Å². The Labute approximate surface area is 93.7 Å². The molecule has 0 atom stereocenters. The molecule has 1 aromatic heterocycles. The molecule has 0 fully saturated rings. The third-order valence-electron chi connectivity index (χ3n) is 1.79. The van der Waals surface area contributed by atoms with Crippen LogP contribution in [0.25, 0.3) is 0 Å². The molecule has 1 amide bonds. The van der Waals surface area contributed by atoms with E-state index in [4.69, 9.17) is 0 Å². The molecule has 0 bridgehead atoms. The van der Waals surface area contributed by atoms with Crippen LogP contribution in [-0.4, -0.2) is 47.3 Å². The van der Waals surface area contributed by atoms with Crippen LogP contribution in [0, 0.1) is 6.92 Å². The van der Waals surface area contributed by atoms with E-state index in [9.17, 15) is 4.79 Å². The molecule has 5 nitrogen and oxygen atoms in total. The molecular weight excluding hydrogens is 212 g/mol. The average molecular weight is 228 g/mol. The molecule has 1 aromatic rings. The van der Waals surface area contributed by atoms with Crippen molar-refractivity contribution < 1.29 is 4.79 Å². The molecule has 0 unspecified atom stereocenters. The number of hydrogen-bond donors (Lipinski definition) is 1. The number of amides is 1. The molecule has 0 aliphatic rings. The monoisotopic (exact) mass is 228 g/mol. The first-order valence-electron chi connectivity index (χ1n) is 4.83. The maximum atomic E-state index is 11.5. The van der Waals surface area contributed by atoms with Crippen molar-refractivity contribution >= 4 is 17.4 Å². The van der Waals surface area contributed by atoms with Crippen LogP contribution in [-0.2, 0) is 0 Å². The molecule has 1 N–H and O–H groups in total. The highest BCUT2D eigenvalue weighted by molar-refractivity contribution is 7.07. The predicted molar refractivity (Wildman–Crippen MR) is 60.2 cm³/mol. The summed E-state index contributed by atoms with van der Waals surface area (Å²) in [7, 11) is 4.02. The molecule has 0 aliphatic carbocycles. The Morgan fingerprint density at radius 3 is 2.80 bits per heavy atom. The summed E-state index contributed by atoms with van der Waals surface area (Å²) in [6.45, 7) is 3.42. The van der Waals surface area contributed by atoms with E-state index in [0.29, 0.717) is 17.4 Å². The zero-order valence-electron chi connectivity index (χ0n) is 9.28. The Balaban J connectivity index is 2.25. The Kier molecular flexibility index (Phi) is 4.64. The lowest BCUT2D eigenvalue weighted by Crippen LogP contribution is -2.27. The first-order valence-corrected chi connectivity index (χ1v) is 5.60. The Morgan fingerprint density at radius 1 is 1.53 bits per heavy atom. The van der Waals surface area contributed by atoms with Gasteiger partial charge >= 0.3 is 0 Å². The second-order valence-corrected chi connectivity index (χ2v) is 4.31. The van der Waals surface area contributed by atoms with Crippen molar-refractivity contribution in [3.63, 3.8) is 0 Å². The van der Waals surface area contributed by atoms with Crippen molar-refractivity contribution in [1.82, 2.24) is 19.6 Å². The van der Waals surface area contributed by atoms with E-state index in [1.165, 1.54) is 0 Å². The molecular formula is C9H16N4OS. The highest BCUT2D eigenvalue weighted by Gasteiger charge is 2.09. The SMILES string of the molecule is Cc1nsc(C(=O)NCCCN(C)C)n1. The molecule has 15 heavy (non-hydrogen) atoms. The van der Waals surface area contributed by atoms with Gasteiger partial charge in [0.25, 0.3) is 5.91 Å². The third-order valence-corrected chi connectivity index (χ3v) is 2.59. The Morgan fingerprint density at radius 2 is 2.27 bits per heavy atom. The zero-order valence-corrected chi connectivity index (χ0v) is 10.1. The quantitative estimate of drug-likeness (QED) is 0.747. The average Bonchev–Trinajstić information content (AvgIpc) is 2.59. The molecule has 6 heteroatoms. The van der Waals surface area contributed by atoms with Gasteiger partial charge in [-0.25, -0.2) is 4.98 Å². The molecule has 1 heterocycles. The molecule has 0 spiro atoms. The molecule has 0 aliphatic heterocycles. The third kappa shape index (κ3) is 4.35. The van der Waals surface area contributed by atoms with Gasteiger partial charge < -0.3 is 10.2 Å². The predicted octanol–water partition coefficient (Wildman–Crippen LogP) is 0.528. The van der Waals surface area contributed by atoms with Crippen LogP contribution < -0.4 is 5.32 Å². The summed E-state index contributed by atoms with van der Waals surface area (Å²) in [6, 6.07) is 0. The lowest BCUT2D eigenvalue weighted by molar-refractivity contribution is 0.0952. The number of carbonyl (C=O) groups is 1. The van der Waals surface area contributed by atoms with Crippen LogP contribution in [0.15, 0.2) is 0 Å². The van der Waals surface area contributed by atoms with Gasteiger partial charge in [0.05, 0.1) is 0 Å². The highest BCUT2D eigenvalue weighted by atomic mass is 32.1. The number of hydrogen-bond acceptors (Lipinski definition) is 5. The maximum Gasteiger partial charge on any atom is 0.281 e. The van der Waals surface area contributed by atoms with Crippen LogP contribution >= 0.6 is 11.5 Å². The molecule has 0 saturated heterocycles. The van der Waals surface area contributed by atoms with E-state index in [1.54, 1.807) is 6.92 Å². The molecule has 0 saturated carbocycles. The smallest absolute Gasteiger partial charge is 0.281 e. The lowest BCUT2D eigenvalue weighted by atomic mass is 10.4. The number of rotatable bonds is 5. The second-order valence-electron chi connectivity index (χ2n) is 3.56. The van der Waals surface area contributed by atoms with E-state index >= 15 is 0 Å². The molecule has 1 rings (SSSR count). The standard InChI is InChI=1S/C9H16N4OS/c1-7-11-9(15-12-7)8(14)10-5-4-6-13(2)3/h4-6H2,1-3H3,(H,10,14). The van der Waals surface area contributed by atoms with Crippen molar-refractivity contribution in [2.24, 2.45) is 0 Å². The normalized spacial score (nSPS) is 10.7. The van der Waals surface area contributed by atoms with Crippen molar-refractivity contribution in [3.8, 4) is 0 Å². The topological polar surface area (TPSA) is 58.1 Å². The van der Waals surface area contributed by atoms with Gasteiger partial charge in [-0.3, -0.25) is 4.79 Å². The van der Waals surface area contributed by atoms with Crippen LogP contribution in [0.1, 0.15) is 22.0 Å². The van der Waals surface area contributed by atoms with E-state index in [0.717, 1.165) is 24.5 Å². The van der Waals surface area contributed by atoms with Crippen LogP contribution in [0.3, 0.4) is 0 Å². The zero-order chi connectivity index (χ0) is 11.3. The first kappa shape index (κ1) is 12.1. The Bertz CT molecular complexity index is 324. The lowest BCUT2D eigenvalue weighted by Gasteiger charge is -2.08. The van der Waals surface area contributed by atoms with Crippen molar-refractivity contribution in [3.05, 3.63) is 10.8 Å². The summed E-state index contributed by atoms with van der Waals surface area (Å²) >= 11 is 1.14. The van der Waals surface area contributed by atoms with Crippen molar-refractivity contribution in [1.29, 1.82) is 0 Å². The molecule has 0 aromatic carbocycles. The fraction of sp³-hybridized carbons (Fsp3) is 0.667. The van der Waals surface area contributed by atoms with Gasteiger partial charge in [-0.15, -0.1) is 0 Å². The van der Waals surface area contributed by atoms with Crippen LogP contribution in [0.4, 0.5) is 0 Å². The van der Waals surface area contributed by atoms with Crippen molar-refractivity contribution in [2.45, 2.75) is 13.3 Å². The summed E-state index contributed by atoms with van der Waals surface area (Å²) in [4.78, 5) is 17.6. The maximum absolute atomic E-state index is 11.5. The summed E-state index contributed by atoms with van der Waals surface area (Å²) in [6.07, 6.45) is 0.941. The number of nitrogens with zero attached hydrogens (tertiary/aromatic N) is 3. The summed E-state index contributed by atoms with van der Waals surface area (Å²) in [5.74, 6) is 0.526. The summed E-state index contributed by atoms with van der Waals surface area (Å²) in [5.41, 5.74) is 0. The summed E-state index contributed by atoms with van der Waals surface area (Å²) < 4.78 is 3.96. The van der Waals surface area contributed by atoms with Gasteiger partial charge in [-0.05, 0) is 45.5 Å². The van der Waals surface area contributed by atoms with Gasteiger partial charge in [-0.2, -0.15) is 4.37 Å². The fourth-order valence-electron chi connectivity index (χ4n) is 1.06. The minimum atomic E-state index is -0.126. The molecule has 84 valence electrons.